The molecule has 0 aromatic heterocycles. The van der Waals surface area contributed by atoms with Crippen molar-refractivity contribution in [2.45, 2.75) is 63.3 Å². The third-order valence-corrected chi connectivity index (χ3v) is 8.78. The van der Waals surface area contributed by atoms with Crippen LogP contribution in [0.4, 0.5) is 0 Å². The molecule has 2 saturated heterocycles. The summed E-state index contributed by atoms with van der Waals surface area (Å²) in [6.07, 6.45) is 6.30. The lowest BCUT2D eigenvalue weighted by Gasteiger charge is -2.26. The molecular formula is C24H39N3O5S. The van der Waals surface area contributed by atoms with Crippen molar-refractivity contribution in [1.29, 1.82) is 0 Å². The first kappa shape index (κ1) is 25.9. The highest BCUT2D eigenvalue weighted by Gasteiger charge is 2.37. The number of piperidine rings is 1. The van der Waals surface area contributed by atoms with E-state index < -0.39 is 10.0 Å². The number of hydrogen-bond donors (Lipinski definition) is 1. The van der Waals surface area contributed by atoms with E-state index in [0.29, 0.717) is 34.9 Å². The summed E-state index contributed by atoms with van der Waals surface area (Å²) < 4.78 is 39.3. The average molecular weight is 482 g/mol. The molecule has 2 aliphatic heterocycles. The Morgan fingerprint density at radius 2 is 1.79 bits per heavy atom. The summed E-state index contributed by atoms with van der Waals surface area (Å²) in [7, 11) is -2.09. The van der Waals surface area contributed by atoms with Crippen LogP contribution in [0.3, 0.4) is 0 Å². The van der Waals surface area contributed by atoms with Gasteiger partial charge in [0.1, 0.15) is 12.4 Å². The fourth-order valence-corrected chi connectivity index (χ4v) is 6.99. The standard InChI is InChI=1S/C24H39N3O5S/c1-19-15-22(31-3)16-20(2)24(19)33(29,30)27-14-7-9-21(27)17-32-18-23(28)25-10-8-13-26-11-5-4-6-12-26/h15-16,21H,4-14,17-18H2,1-3H3,(H,25,28). The maximum atomic E-state index is 13.4. The minimum atomic E-state index is -3.66. The van der Waals surface area contributed by atoms with Gasteiger partial charge in [-0.15, -0.1) is 0 Å². The molecule has 0 bridgehead atoms. The highest BCUT2D eigenvalue weighted by atomic mass is 32.2. The quantitative estimate of drug-likeness (QED) is 0.489. The van der Waals surface area contributed by atoms with E-state index in [1.807, 2.05) is 0 Å². The summed E-state index contributed by atoms with van der Waals surface area (Å²) >= 11 is 0. The minimum Gasteiger partial charge on any atom is -0.497 e. The van der Waals surface area contributed by atoms with Crippen LogP contribution in [0.5, 0.6) is 5.75 Å². The zero-order valence-corrected chi connectivity index (χ0v) is 21.1. The number of carbonyl (C=O) groups excluding carboxylic acids is 1. The van der Waals surface area contributed by atoms with Crippen LogP contribution in [0.1, 0.15) is 49.7 Å². The lowest BCUT2D eigenvalue weighted by atomic mass is 10.1. The number of benzene rings is 1. The fraction of sp³-hybridized carbons (Fsp3) is 0.708. The Labute approximate surface area is 198 Å². The molecule has 0 spiro atoms. The molecular weight excluding hydrogens is 442 g/mol. The number of likely N-dealkylation sites (tertiary alicyclic amines) is 1. The van der Waals surface area contributed by atoms with Crippen LogP contribution in [0.15, 0.2) is 17.0 Å². The fourth-order valence-electron chi connectivity index (χ4n) is 4.90. The van der Waals surface area contributed by atoms with E-state index in [4.69, 9.17) is 9.47 Å². The van der Waals surface area contributed by atoms with E-state index >= 15 is 0 Å². The van der Waals surface area contributed by atoms with Gasteiger partial charge in [-0.1, -0.05) is 6.42 Å². The van der Waals surface area contributed by atoms with Gasteiger partial charge >= 0.3 is 0 Å². The van der Waals surface area contributed by atoms with Gasteiger partial charge in [-0.2, -0.15) is 4.31 Å². The van der Waals surface area contributed by atoms with Crippen LogP contribution < -0.4 is 10.1 Å². The molecule has 8 nitrogen and oxygen atoms in total. The topological polar surface area (TPSA) is 88.2 Å². The van der Waals surface area contributed by atoms with Crippen molar-refractivity contribution in [3.05, 3.63) is 23.3 Å². The molecule has 2 heterocycles. The molecule has 1 N–H and O–H groups in total. The lowest BCUT2D eigenvalue weighted by Crippen LogP contribution is -2.40. The second-order valence-corrected chi connectivity index (χ2v) is 11.0. The van der Waals surface area contributed by atoms with Crippen LogP contribution in [0.2, 0.25) is 0 Å². The molecule has 1 aromatic rings. The van der Waals surface area contributed by atoms with Gasteiger partial charge in [0.2, 0.25) is 15.9 Å². The van der Waals surface area contributed by atoms with E-state index in [1.54, 1.807) is 33.1 Å². The second kappa shape index (κ2) is 12.1. The number of methoxy groups -OCH3 is 1. The zero-order chi connectivity index (χ0) is 23.8. The van der Waals surface area contributed by atoms with E-state index in [9.17, 15) is 13.2 Å². The third-order valence-electron chi connectivity index (χ3n) is 6.52. The molecule has 1 aromatic carbocycles. The predicted octanol–water partition coefficient (Wildman–Crippen LogP) is 2.47. The molecule has 33 heavy (non-hydrogen) atoms. The van der Waals surface area contributed by atoms with Gasteiger partial charge in [-0.05, 0) is 88.8 Å². The Bertz CT molecular complexity index is 876. The van der Waals surface area contributed by atoms with E-state index in [1.165, 1.54) is 23.6 Å². The van der Waals surface area contributed by atoms with Gasteiger partial charge < -0.3 is 19.7 Å². The summed E-state index contributed by atoms with van der Waals surface area (Å²) in [6.45, 7) is 8.19. The molecule has 1 atom stereocenters. The van der Waals surface area contributed by atoms with Crippen molar-refractivity contribution in [2.75, 3.05) is 53.0 Å². The Kier molecular flexibility index (Phi) is 9.55. The predicted molar refractivity (Wildman–Crippen MR) is 128 cm³/mol. The molecule has 0 aliphatic carbocycles. The second-order valence-electron chi connectivity index (χ2n) is 9.12. The summed E-state index contributed by atoms with van der Waals surface area (Å²) in [6, 6.07) is 3.23. The van der Waals surface area contributed by atoms with E-state index in [2.05, 4.69) is 10.2 Å². The number of amides is 1. The van der Waals surface area contributed by atoms with Crippen LogP contribution in [-0.4, -0.2) is 82.6 Å². The number of ether oxygens (including phenoxy) is 2. The van der Waals surface area contributed by atoms with Gasteiger partial charge in [-0.25, -0.2) is 8.42 Å². The summed E-state index contributed by atoms with van der Waals surface area (Å²) in [5.41, 5.74) is 1.34. The molecule has 1 unspecified atom stereocenters. The number of sulfonamides is 1. The van der Waals surface area contributed by atoms with Gasteiger partial charge in [0.05, 0.1) is 18.6 Å². The summed E-state index contributed by atoms with van der Waals surface area (Å²) in [5.74, 6) is 0.495. The molecule has 3 rings (SSSR count). The van der Waals surface area contributed by atoms with Crippen molar-refractivity contribution >= 4 is 15.9 Å². The molecule has 2 aliphatic rings. The Morgan fingerprint density at radius 3 is 2.45 bits per heavy atom. The zero-order valence-electron chi connectivity index (χ0n) is 20.3. The number of aryl methyl sites for hydroxylation is 2. The number of nitrogens with zero attached hydrogens (tertiary/aromatic N) is 2. The summed E-state index contributed by atoms with van der Waals surface area (Å²) in [4.78, 5) is 14.9. The molecule has 1 amide bonds. The molecule has 2 fully saturated rings. The molecule has 0 radical (unpaired) electrons. The highest BCUT2D eigenvalue weighted by molar-refractivity contribution is 7.89. The first-order valence-corrected chi connectivity index (χ1v) is 13.5. The largest absolute Gasteiger partial charge is 0.497 e. The van der Waals surface area contributed by atoms with Crippen molar-refractivity contribution in [1.82, 2.24) is 14.5 Å². The maximum absolute atomic E-state index is 13.4. The minimum absolute atomic E-state index is 0.0469. The number of nitrogens with one attached hydrogen (secondary N) is 1. The van der Waals surface area contributed by atoms with Crippen LogP contribution in [-0.2, 0) is 19.6 Å². The average Bonchev–Trinajstić information content (AvgIpc) is 3.26. The van der Waals surface area contributed by atoms with Crippen LogP contribution in [0, 0.1) is 13.8 Å². The molecule has 9 heteroatoms. The lowest BCUT2D eigenvalue weighted by molar-refractivity contribution is -0.126. The highest BCUT2D eigenvalue weighted by Crippen LogP contribution is 2.32. The maximum Gasteiger partial charge on any atom is 0.245 e. The molecule has 186 valence electrons. The smallest absolute Gasteiger partial charge is 0.245 e. The van der Waals surface area contributed by atoms with Crippen LogP contribution in [0.25, 0.3) is 0 Å². The SMILES string of the molecule is COc1cc(C)c(S(=O)(=O)N2CCCC2COCC(=O)NCCCN2CCCCC2)c(C)c1. The van der Waals surface area contributed by atoms with Crippen molar-refractivity contribution < 1.29 is 22.7 Å². The third kappa shape index (κ3) is 6.91. The monoisotopic (exact) mass is 481 g/mol. The Morgan fingerprint density at radius 1 is 1.09 bits per heavy atom. The Hall–Kier alpha value is -1.68. The van der Waals surface area contributed by atoms with Gasteiger partial charge in [0.15, 0.2) is 0 Å². The van der Waals surface area contributed by atoms with Gasteiger partial charge in [0.25, 0.3) is 0 Å². The number of carbonyl (C=O) groups is 1. The van der Waals surface area contributed by atoms with E-state index in [-0.39, 0.29) is 25.2 Å². The number of rotatable bonds is 11. The first-order chi connectivity index (χ1) is 15.8. The van der Waals surface area contributed by atoms with Crippen molar-refractivity contribution in [3.8, 4) is 5.75 Å². The van der Waals surface area contributed by atoms with Crippen molar-refractivity contribution in [2.24, 2.45) is 0 Å². The first-order valence-electron chi connectivity index (χ1n) is 12.1. The Balaban J connectivity index is 1.46. The molecule has 0 saturated carbocycles. The van der Waals surface area contributed by atoms with Crippen molar-refractivity contribution in [3.63, 3.8) is 0 Å². The van der Waals surface area contributed by atoms with Gasteiger partial charge in [-0.3, -0.25) is 4.79 Å². The van der Waals surface area contributed by atoms with E-state index in [0.717, 1.165) is 38.9 Å². The van der Waals surface area contributed by atoms with Crippen LogP contribution >= 0.6 is 0 Å². The number of hydrogen-bond acceptors (Lipinski definition) is 6. The normalized spacial score (nSPS) is 20.2. The summed E-state index contributed by atoms with van der Waals surface area (Å²) in [5, 5.41) is 2.91. The van der Waals surface area contributed by atoms with Gasteiger partial charge in [0, 0.05) is 19.1 Å².